The van der Waals surface area contributed by atoms with Crippen molar-refractivity contribution in [1.82, 2.24) is 9.78 Å². The fourth-order valence-electron chi connectivity index (χ4n) is 2.34. The molecular weight excluding hydrogens is 280 g/mol. The lowest BCUT2D eigenvalue weighted by molar-refractivity contribution is 0.0683. The summed E-state index contributed by atoms with van der Waals surface area (Å²) < 4.78 is 6.90. The largest absolute Gasteiger partial charge is 0.496 e. The Morgan fingerprint density at radius 1 is 1.32 bits per heavy atom. The second kappa shape index (κ2) is 5.83. The summed E-state index contributed by atoms with van der Waals surface area (Å²) in [5.41, 5.74) is 2.74. The highest BCUT2D eigenvalue weighted by molar-refractivity contribution is 5.87. The number of carboxylic acids is 1. The number of hydrogen-bond donors (Lipinski definition) is 1. The Morgan fingerprint density at radius 3 is 2.45 bits per heavy atom. The molecule has 1 aromatic heterocycles. The van der Waals surface area contributed by atoms with E-state index in [2.05, 4.69) is 25.9 Å². The minimum Gasteiger partial charge on any atom is -0.496 e. The van der Waals surface area contributed by atoms with Crippen LogP contribution in [0.25, 0.3) is 11.3 Å². The van der Waals surface area contributed by atoms with Crippen LogP contribution < -0.4 is 4.74 Å². The van der Waals surface area contributed by atoms with Gasteiger partial charge in [0.05, 0.1) is 12.8 Å². The maximum absolute atomic E-state index is 11.3. The molecular formula is C17H22N2O3. The molecule has 5 heteroatoms. The van der Waals surface area contributed by atoms with Crippen LogP contribution in [0.1, 0.15) is 43.7 Å². The first-order valence-corrected chi connectivity index (χ1v) is 7.28. The molecule has 0 atom stereocenters. The summed E-state index contributed by atoms with van der Waals surface area (Å²) >= 11 is 0. The van der Waals surface area contributed by atoms with E-state index in [4.69, 9.17) is 4.74 Å². The summed E-state index contributed by atoms with van der Waals surface area (Å²) in [6.07, 6.45) is 0. The second-order valence-corrected chi connectivity index (χ2v) is 6.20. The van der Waals surface area contributed by atoms with Crippen LogP contribution in [0.4, 0.5) is 0 Å². The van der Waals surface area contributed by atoms with Gasteiger partial charge in [0.1, 0.15) is 11.4 Å². The summed E-state index contributed by atoms with van der Waals surface area (Å²) in [6.45, 7) is 8.76. The topological polar surface area (TPSA) is 64.4 Å². The molecule has 0 amide bonds. The van der Waals surface area contributed by atoms with Gasteiger partial charge >= 0.3 is 5.97 Å². The lowest BCUT2D eigenvalue weighted by atomic mass is 9.85. The highest BCUT2D eigenvalue weighted by Gasteiger charge is 2.20. The number of aryl methyl sites for hydroxylation is 1. The van der Waals surface area contributed by atoms with E-state index in [1.807, 2.05) is 25.1 Å². The minimum atomic E-state index is -0.980. The molecule has 0 unspecified atom stereocenters. The Balaban J connectivity index is 2.62. The van der Waals surface area contributed by atoms with Gasteiger partial charge in [0.2, 0.25) is 0 Å². The molecule has 1 heterocycles. The Hall–Kier alpha value is -2.30. The van der Waals surface area contributed by atoms with Gasteiger partial charge < -0.3 is 9.84 Å². The Bertz CT molecular complexity index is 696. The summed E-state index contributed by atoms with van der Waals surface area (Å²) in [6, 6.07) is 7.54. The number of nitrogens with zero attached hydrogens (tertiary/aromatic N) is 2. The van der Waals surface area contributed by atoms with Crippen LogP contribution in [-0.2, 0) is 12.0 Å². The number of ether oxygens (including phenoxy) is 1. The number of hydrogen-bond acceptors (Lipinski definition) is 3. The van der Waals surface area contributed by atoms with Crippen LogP contribution in [0.2, 0.25) is 0 Å². The maximum Gasteiger partial charge on any atom is 0.354 e. The Labute approximate surface area is 130 Å². The molecule has 0 aliphatic heterocycles. The van der Waals surface area contributed by atoms with Crippen LogP contribution in [0.3, 0.4) is 0 Å². The third kappa shape index (κ3) is 2.98. The van der Waals surface area contributed by atoms with Crippen LogP contribution in [-0.4, -0.2) is 28.0 Å². The lowest BCUT2D eigenvalue weighted by Crippen LogP contribution is -2.11. The molecule has 2 rings (SSSR count). The number of methoxy groups -OCH3 is 1. The lowest BCUT2D eigenvalue weighted by Gasteiger charge is -2.20. The summed E-state index contributed by atoms with van der Waals surface area (Å²) in [5, 5.41) is 13.7. The zero-order valence-electron chi connectivity index (χ0n) is 13.7. The SMILES string of the molecule is CCn1nc(-c2cc(C(C)(C)C)ccc2OC)cc1C(=O)O. The third-order valence-corrected chi connectivity index (χ3v) is 3.64. The fraction of sp³-hybridized carbons (Fsp3) is 0.412. The van der Waals surface area contributed by atoms with E-state index >= 15 is 0 Å². The first-order valence-electron chi connectivity index (χ1n) is 7.28. The first kappa shape index (κ1) is 16.1. The monoisotopic (exact) mass is 302 g/mol. The number of rotatable bonds is 4. The van der Waals surface area contributed by atoms with Crippen molar-refractivity contribution in [3.63, 3.8) is 0 Å². The molecule has 1 aromatic carbocycles. The molecule has 5 nitrogen and oxygen atoms in total. The van der Waals surface area contributed by atoms with E-state index in [9.17, 15) is 9.90 Å². The molecule has 118 valence electrons. The first-order chi connectivity index (χ1) is 10.3. The zero-order chi connectivity index (χ0) is 16.5. The predicted molar refractivity (Wildman–Crippen MR) is 85.5 cm³/mol. The zero-order valence-corrected chi connectivity index (χ0v) is 13.7. The summed E-state index contributed by atoms with van der Waals surface area (Å²) in [5.74, 6) is -0.294. The maximum atomic E-state index is 11.3. The number of carbonyl (C=O) groups is 1. The van der Waals surface area contributed by atoms with Crippen molar-refractivity contribution < 1.29 is 14.6 Å². The molecule has 0 fully saturated rings. The highest BCUT2D eigenvalue weighted by Crippen LogP contribution is 2.34. The molecule has 0 saturated carbocycles. The van der Waals surface area contributed by atoms with Crippen LogP contribution in [0.5, 0.6) is 5.75 Å². The van der Waals surface area contributed by atoms with E-state index in [-0.39, 0.29) is 11.1 Å². The quantitative estimate of drug-likeness (QED) is 0.937. The molecule has 0 radical (unpaired) electrons. The number of aromatic carboxylic acids is 1. The fourth-order valence-corrected chi connectivity index (χ4v) is 2.34. The average Bonchev–Trinajstić information content (AvgIpc) is 2.89. The van der Waals surface area contributed by atoms with Gasteiger partial charge in [-0.1, -0.05) is 26.8 Å². The molecule has 22 heavy (non-hydrogen) atoms. The molecule has 0 bridgehead atoms. The standard InChI is InChI=1S/C17H22N2O3/c1-6-19-14(16(20)21)10-13(18-19)12-9-11(17(2,3)4)7-8-15(12)22-5/h7-10H,6H2,1-5H3,(H,20,21). The molecule has 0 aliphatic carbocycles. The van der Waals surface area contributed by atoms with Gasteiger partial charge in [-0.3, -0.25) is 4.68 Å². The van der Waals surface area contributed by atoms with Crippen LogP contribution in [0.15, 0.2) is 24.3 Å². The van der Waals surface area contributed by atoms with Crippen LogP contribution in [0, 0.1) is 0 Å². The number of aromatic nitrogens is 2. The van der Waals surface area contributed by atoms with Gasteiger partial charge in [-0.25, -0.2) is 4.79 Å². The van der Waals surface area contributed by atoms with Gasteiger partial charge in [-0.05, 0) is 36.1 Å². The average molecular weight is 302 g/mol. The van der Waals surface area contributed by atoms with E-state index < -0.39 is 5.97 Å². The molecule has 0 aliphatic rings. The Kier molecular flexibility index (Phi) is 4.26. The predicted octanol–water partition coefficient (Wildman–Crippen LogP) is 3.57. The van der Waals surface area contributed by atoms with Crippen molar-refractivity contribution in [3.05, 3.63) is 35.5 Å². The van der Waals surface area contributed by atoms with E-state index in [0.717, 1.165) is 11.1 Å². The van der Waals surface area contributed by atoms with Gasteiger partial charge in [0, 0.05) is 12.1 Å². The second-order valence-electron chi connectivity index (χ2n) is 6.20. The highest BCUT2D eigenvalue weighted by atomic mass is 16.5. The van der Waals surface area contributed by atoms with E-state index in [0.29, 0.717) is 18.0 Å². The van der Waals surface area contributed by atoms with Gasteiger partial charge in [-0.2, -0.15) is 5.10 Å². The van der Waals surface area contributed by atoms with Crippen molar-refractivity contribution in [2.24, 2.45) is 0 Å². The van der Waals surface area contributed by atoms with E-state index in [1.165, 1.54) is 4.68 Å². The molecule has 2 aromatic rings. The van der Waals surface area contributed by atoms with Gasteiger partial charge in [0.25, 0.3) is 0 Å². The van der Waals surface area contributed by atoms with E-state index in [1.54, 1.807) is 13.2 Å². The third-order valence-electron chi connectivity index (χ3n) is 3.64. The summed E-state index contributed by atoms with van der Waals surface area (Å²) in [4.78, 5) is 11.3. The molecule has 1 N–H and O–H groups in total. The normalized spacial score (nSPS) is 11.5. The van der Waals surface area contributed by atoms with Crippen molar-refractivity contribution in [2.45, 2.75) is 39.7 Å². The minimum absolute atomic E-state index is 0.00995. The summed E-state index contributed by atoms with van der Waals surface area (Å²) in [7, 11) is 1.60. The van der Waals surface area contributed by atoms with Crippen molar-refractivity contribution in [3.8, 4) is 17.0 Å². The molecule has 0 spiro atoms. The van der Waals surface area contributed by atoms with Gasteiger partial charge in [0.15, 0.2) is 0 Å². The van der Waals surface area contributed by atoms with Gasteiger partial charge in [-0.15, -0.1) is 0 Å². The smallest absolute Gasteiger partial charge is 0.354 e. The van der Waals surface area contributed by atoms with Crippen molar-refractivity contribution in [2.75, 3.05) is 7.11 Å². The van der Waals surface area contributed by atoms with Crippen molar-refractivity contribution in [1.29, 1.82) is 0 Å². The number of carboxylic acid groups (broad SMARTS) is 1. The Morgan fingerprint density at radius 2 is 2.00 bits per heavy atom. The van der Waals surface area contributed by atoms with Crippen LogP contribution >= 0.6 is 0 Å². The molecule has 0 saturated heterocycles. The van der Waals surface area contributed by atoms with Crippen molar-refractivity contribution >= 4 is 5.97 Å². The number of benzene rings is 1.